The summed E-state index contributed by atoms with van der Waals surface area (Å²) in [5, 5.41) is 3.14. The lowest BCUT2D eigenvalue weighted by Gasteiger charge is -2.21. The van der Waals surface area contributed by atoms with Gasteiger partial charge >= 0.3 is 0 Å². The molecular formula is C15H22F2N2O2. The van der Waals surface area contributed by atoms with Crippen LogP contribution in [0.4, 0.5) is 8.78 Å². The van der Waals surface area contributed by atoms with Crippen molar-refractivity contribution in [1.29, 1.82) is 0 Å². The molecule has 0 unspecified atom stereocenters. The van der Waals surface area contributed by atoms with Crippen molar-refractivity contribution in [3.05, 3.63) is 29.3 Å². The largest absolute Gasteiger partial charge is 0.478 e. The van der Waals surface area contributed by atoms with E-state index in [2.05, 4.69) is 5.32 Å². The van der Waals surface area contributed by atoms with Gasteiger partial charge in [-0.05, 0) is 38.5 Å². The first-order chi connectivity index (χ1) is 9.60. The number of carbonyl (C=O) groups excluding carboxylic acids is 1. The Hall–Kier alpha value is -1.69. The molecule has 0 spiro atoms. The highest BCUT2D eigenvalue weighted by molar-refractivity contribution is 5.77. The summed E-state index contributed by atoms with van der Waals surface area (Å²) in [6.07, 6.45) is 0. The molecule has 0 aromatic heterocycles. The van der Waals surface area contributed by atoms with Gasteiger partial charge in [-0.1, -0.05) is 0 Å². The SMILES string of the molecule is CN(C)C(=O)COc1c(F)cc(CNC(C)(C)C)cc1F. The third kappa shape index (κ3) is 5.67. The number of nitrogens with zero attached hydrogens (tertiary/aromatic N) is 1. The molecule has 0 aliphatic rings. The lowest BCUT2D eigenvalue weighted by atomic mass is 10.1. The number of hydrogen-bond acceptors (Lipinski definition) is 3. The molecule has 0 fully saturated rings. The molecule has 1 aromatic carbocycles. The zero-order valence-corrected chi connectivity index (χ0v) is 13.1. The predicted molar refractivity (Wildman–Crippen MR) is 77.1 cm³/mol. The molecule has 0 atom stereocenters. The summed E-state index contributed by atoms with van der Waals surface area (Å²) in [7, 11) is 3.08. The van der Waals surface area contributed by atoms with Gasteiger partial charge in [-0.25, -0.2) is 8.78 Å². The molecule has 0 aliphatic heterocycles. The summed E-state index contributed by atoms with van der Waals surface area (Å²) in [5.41, 5.74) is 0.325. The van der Waals surface area contributed by atoms with Crippen LogP contribution in [0.1, 0.15) is 26.3 Å². The lowest BCUT2D eigenvalue weighted by Crippen LogP contribution is -2.35. The van der Waals surface area contributed by atoms with Crippen molar-refractivity contribution in [2.24, 2.45) is 0 Å². The molecule has 0 bridgehead atoms. The van der Waals surface area contributed by atoms with Gasteiger partial charge in [0.05, 0.1) is 0 Å². The van der Waals surface area contributed by atoms with Crippen LogP contribution in [0, 0.1) is 11.6 Å². The van der Waals surface area contributed by atoms with Crippen molar-refractivity contribution in [2.45, 2.75) is 32.9 Å². The van der Waals surface area contributed by atoms with Crippen molar-refractivity contribution < 1.29 is 18.3 Å². The van der Waals surface area contributed by atoms with Crippen molar-refractivity contribution in [3.8, 4) is 5.75 Å². The number of benzene rings is 1. The Morgan fingerprint density at radius 3 is 2.19 bits per heavy atom. The van der Waals surface area contributed by atoms with Crippen molar-refractivity contribution in [2.75, 3.05) is 20.7 Å². The maximum absolute atomic E-state index is 13.9. The van der Waals surface area contributed by atoms with Crippen LogP contribution >= 0.6 is 0 Å². The van der Waals surface area contributed by atoms with Crippen LogP contribution in [0.15, 0.2) is 12.1 Å². The van der Waals surface area contributed by atoms with Crippen molar-refractivity contribution in [3.63, 3.8) is 0 Å². The first-order valence-corrected chi connectivity index (χ1v) is 6.66. The number of amides is 1. The standard InChI is InChI=1S/C15H22F2N2O2/c1-15(2,3)18-8-10-6-11(16)14(12(17)7-10)21-9-13(20)19(4)5/h6-7,18H,8-9H2,1-5H3. The first kappa shape index (κ1) is 17.4. The Morgan fingerprint density at radius 2 is 1.76 bits per heavy atom. The number of hydrogen-bond donors (Lipinski definition) is 1. The molecule has 0 heterocycles. The molecule has 4 nitrogen and oxygen atoms in total. The number of nitrogens with one attached hydrogen (secondary N) is 1. The predicted octanol–water partition coefficient (Wildman–Crippen LogP) is 2.32. The van der Waals surface area contributed by atoms with E-state index in [1.54, 1.807) is 14.1 Å². The average molecular weight is 300 g/mol. The zero-order valence-electron chi connectivity index (χ0n) is 13.1. The van der Waals surface area contributed by atoms with Crippen LogP contribution in [-0.2, 0) is 11.3 Å². The van der Waals surface area contributed by atoms with Crippen molar-refractivity contribution >= 4 is 5.91 Å². The Kier molecular flexibility index (Phi) is 5.66. The van der Waals surface area contributed by atoms with Crippen molar-refractivity contribution in [1.82, 2.24) is 10.2 Å². The number of likely N-dealkylation sites (N-methyl/N-ethyl adjacent to an activating group) is 1. The fourth-order valence-electron chi connectivity index (χ4n) is 1.48. The van der Waals surface area contributed by atoms with Gasteiger partial charge in [0, 0.05) is 26.2 Å². The molecular weight excluding hydrogens is 278 g/mol. The molecule has 1 rings (SSSR count). The van der Waals surface area contributed by atoms with Crippen LogP contribution in [0.2, 0.25) is 0 Å². The maximum Gasteiger partial charge on any atom is 0.259 e. The molecule has 1 aromatic rings. The lowest BCUT2D eigenvalue weighted by molar-refractivity contribution is -0.130. The summed E-state index contributed by atoms with van der Waals surface area (Å²) < 4.78 is 32.7. The number of halogens is 2. The van der Waals surface area contributed by atoms with E-state index in [9.17, 15) is 13.6 Å². The van der Waals surface area contributed by atoms with E-state index in [1.165, 1.54) is 17.0 Å². The van der Waals surface area contributed by atoms with Gasteiger partial charge in [0.15, 0.2) is 24.0 Å². The summed E-state index contributed by atoms with van der Waals surface area (Å²) in [4.78, 5) is 12.7. The van der Waals surface area contributed by atoms with E-state index in [1.807, 2.05) is 20.8 Å². The highest BCUT2D eigenvalue weighted by atomic mass is 19.1. The first-order valence-electron chi connectivity index (χ1n) is 6.66. The summed E-state index contributed by atoms with van der Waals surface area (Å²) in [6.45, 7) is 5.83. The highest BCUT2D eigenvalue weighted by Crippen LogP contribution is 2.23. The summed E-state index contributed by atoms with van der Waals surface area (Å²) >= 11 is 0. The second-order valence-electron chi connectivity index (χ2n) is 6.07. The normalized spacial score (nSPS) is 11.4. The average Bonchev–Trinajstić information content (AvgIpc) is 2.34. The van der Waals surface area contributed by atoms with Gasteiger partial charge in [-0.15, -0.1) is 0 Å². The summed E-state index contributed by atoms with van der Waals surface area (Å²) in [6, 6.07) is 2.41. The molecule has 0 aliphatic carbocycles. The third-order valence-corrected chi connectivity index (χ3v) is 2.72. The second kappa shape index (κ2) is 6.85. The minimum Gasteiger partial charge on any atom is -0.478 e. The molecule has 6 heteroatoms. The minimum absolute atomic E-state index is 0.153. The van der Waals surface area contributed by atoms with Crippen LogP contribution in [0.5, 0.6) is 5.75 Å². The Morgan fingerprint density at radius 1 is 1.24 bits per heavy atom. The number of rotatable bonds is 5. The topological polar surface area (TPSA) is 41.6 Å². The number of carbonyl (C=O) groups is 1. The van der Waals surface area contributed by atoms with Crippen LogP contribution in [-0.4, -0.2) is 37.0 Å². The van der Waals surface area contributed by atoms with Gasteiger partial charge in [0.25, 0.3) is 5.91 Å². The number of ether oxygens (including phenoxy) is 1. The summed E-state index contributed by atoms with van der Waals surface area (Å²) in [5.74, 6) is -2.52. The van der Waals surface area contributed by atoms with E-state index < -0.39 is 24.0 Å². The molecule has 0 saturated heterocycles. The molecule has 1 amide bonds. The van der Waals surface area contributed by atoms with Gasteiger partial charge in [0.1, 0.15) is 0 Å². The second-order valence-corrected chi connectivity index (χ2v) is 6.07. The Labute approximate surface area is 124 Å². The Balaban J connectivity index is 2.78. The van der Waals surface area contributed by atoms with Gasteiger partial charge in [-0.2, -0.15) is 0 Å². The van der Waals surface area contributed by atoms with E-state index >= 15 is 0 Å². The van der Waals surface area contributed by atoms with Gasteiger partial charge in [0.2, 0.25) is 0 Å². The monoisotopic (exact) mass is 300 g/mol. The van der Waals surface area contributed by atoms with Crippen LogP contribution in [0.3, 0.4) is 0 Å². The van der Waals surface area contributed by atoms with Crippen LogP contribution < -0.4 is 10.1 Å². The van der Waals surface area contributed by atoms with E-state index in [0.29, 0.717) is 12.1 Å². The van der Waals surface area contributed by atoms with E-state index in [-0.39, 0.29) is 11.4 Å². The smallest absolute Gasteiger partial charge is 0.259 e. The Bertz CT molecular complexity index is 488. The molecule has 0 radical (unpaired) electrons. The quantitative estimate of drug-likeness (QED) is 0.907. The van der Waals surface area contributed by atoms with Gasteiger partial charge in [-0.3, -0.25) is 4.79 Å². The molecule has 118 valence electrons. The molecule has 1 N–H and O–H groups in total. The van der Waals surface area contributed by atoms with Gasteiger partial charge < -0.3 is 15.0 Å². The highest BCUT2D eigenvalue weighted by Gasteiger charge is 2.16. The maximum atomic E-state index is 13.9. The fourth-order valence-corrected chi connectivity index (χ4v) is 1.48. The van der Waals surface area contributed by atoms with Crippen LogP contribution in [0.25, 0.3) is 0 Å². The zero-order chi connectivity index (χ0) is 16.2. The fraction of sp³-hybridized carbons (Fsp3) is 0.533. The molecule has 21 heavy (non-hydrogen) atoms. The molecule has 0 saturated carbocycles. The van der Waals surface area contributed by atoms with E-state index in [0.717, 1.165) is 0 Å². The third-order valence-electron chi connectivity index (χ3n) is 2.72. The van der Waals surface area contributed by atoms with E-state index in [4.69, 9.17) is 4.74 Å². The minimum atomic E-state index is -0.813.